The number of anilines is 1. The number of hydrogen-bond acceptors (Lipinski definition) is 2. The molecule has 0 aromatic heterocycles. The summed E-state index contributed by atoms with van der Waals surface area (Å²) in [5, 5.41) is 3.35. The molecule has 1 N–H and O–H groups in total. The van der Waals surface area contributed by atoms with E-state index in [1.807, 2.05) is 0 Å². The SMILES string of the molecule is CCCC(CC)Nc1ccc(OCC(F)(F)F)cc1. The van der Waals surface area contributed by atoms with Crippen LogP contribution >= 0.6 is 0 Å². The zero-order chi connectivity index (χ0) is 14.3. The van der Waals surface area contributed by atoms with Crippen molar-refractivity contribution in [3.63, 3.8) is 0 Å². The summed E-state index contributed by atoms with van der Waals surface area (Å²) in [4.78, 5) is 0. The van der Waals surface area contributed by atoms with Crippen LogP contribution in [0.4, 0.5) is 18.9 Å². The molecule has 108 valence electrons. The van der Waals surface area contributed by atoms with Gasteiger partial charge < -0.3 is 10.1 Å². The fourth-order valence-electron chi connectivity index (χ4n) is 1.78. The fraction of sp³-hybridized carbons (Fsp3) is 0.571. The lowest BCUT2D eigenvalue weighted by atomic mass is 10.1. The zero-order valence-electron chi connectivity index (χ0n) is 11.3. The van der Waals surface area contributed by atoms with Crippen molar-refractivity contribution in [1.29, 1.82) is 0 Å². The van der Waals surface area contributed by atoms with Crippen LogP contribution in [0.2, 0.25) is 0 Å². The number of nitrogens with one attached hydrogen (secondary N) is 1. The summed E-state index contributed by atoms with van der Waals surface area (Å²) in [6, 6.07) is 6.97. The summed E-state index contributed by atoms with van der Waals surface area (Å²) in [6.45, 7) is 2.97. The molecule has 0 fully saturated rings. The van der Waals surface area contributed by atoms with E-state index in [1.165, 1.54) is 0 Å². The highest BCUT2D eigenvalue weighted by Crippen LogP contribution is 2.21. The Balaban J connectivity index is 2.51. The molecule has 0 heterocycles. The number of alkyl halides is 3. The van der Waals surface area contributed by atoms with Crippen molar-refractivity contribution in [2.75, 3.05) is 11.9 Å². The van der Waals surface area contributed by atoms with Crippen molar-refractivity contribution in [2.24, 2.45) is 0 Å². The third kappa shape index (κ3) is 6.36. The van der Waals surface area contributed by atoms with Gasteiger partial charge in [-0.05, 0) is 37.1 Å². The third-order valence-electron chi connectivity index (χ3n) is 2.76. The first-order chi connectivity index (χ1) is 8.94. The quantitative estimate of drug-likeness (QED) is 0.784. The minimum Gasteiger partial charge on any atom is -0.484 e. The summed E-state index contributed by atoms with van der Waals surface area (Å²) in [5.41, 5.74) is 0.902. The molecule has 1 rings (SSSR count). The molecule has 0 saturated carbocycles. The van der Waals surface area contributed by atoms with E-state index in [4.69, 9.17) is 0 Å². The highest BCUT2D eigenvalue weighted by Gasteiger charge is 2.28. The van der Waals surface area contributed by atoms with Gasteiger partial charge in [-0.15, -0.1) is 0 Å². The second kappa shape index (κ2) is 7.26. The fourth-order valence-corrected chi connectivity index (χ4v) is 1.78. The Morgan fingerprint density at radius 2 is 1.79 bits per heavy atom. The van der Waals surface area contributed by atoms with E-state index in [-0.39, 0.29) is 5.75 Å². The van der Waals surface area contributed by atoms with Crippen molar-refractivity contribution in [3.05, 3.63) is 24.3 Å². The normalized spacial score (nSPS) is 13.1. The molecular weight excluding hydrogens is 255 g/mol. The molecule has 0 aliphatic rings. The average molecular weight is 275 g/mol. The molecular formula is C14H20F3NO. The van der Waals surface area contributed by atoms with E-state index in [2.05, 4.69) is 23.9 Å². The molecule has 2 nitrogen and oxygen atoms in total. The van der Waals surface area contributed by atoms with Crippen LogP contribution in [0.15, 0.2) is 24.3 Å². The van der Waals surface area contributed by atoms with Gasteiger partial charge in [0, 0.05) is 11.7 Å². The van der Waals surface area contributed by atoms with Crippen molar-refractivity contribution >= 4 is 5.69 Å². The minimum atomic E-state index is -4.30. The van der Waals surface area contributed by atoms with Crippen LogP contribution in [0, 0.1) is 0 Å². The number of hydrogen-bond donors (Lipinski definition) is 1. The smallest absolute Gasteiger partial charge is 0.422 e. The maximum Gasteiger partial charge on any atom is 0.422 e. The van der Waals surface area contributed by atoms with Gasteiger partial charge in [0.1, 0.15) is 5.75 Å². The topological polar surface area (TPSA) is 21.3 Å². The predicted molar refractivity (Wildman–Crippen MR) is 70.6 cm³/mol. The molecule has 1 aromatic carbocycles. The minimum absolute atomic E-state index is 0.228. The summed E-state index contributed by atoms with van der Waals surface area (Å²) in [5.74, 6) is 0.228. The largest absolute Gasteiger partial charge is 0.484 e. The standard InChI is InChI=1S/C14H20F3NO/c1-3-5-11(4-2)18-12-6-8-13(9-7-12)19-10-14(15,16)17/h6-9,11,18H,3-5,10H2,1-2H3. The number of benzene rings is 1. The lowest BCUT2D eigenvalue weighted by Gasteiger charge is -2.17. The van der Waals surface area contributed by atoms with Crippen LogP contribution < -0.4 is 10.1 Å². The predicted octanol–water partition coefficient (Wildman–Crippen LogP) is 4.62. The molecule has 0 amide bonds. The second-order valence-electron chi connectivity index (χ2n) is 4.47. The zero-order valence-corrected chi connectivity index (χ0v) is 11.3. The third-order valence-corrected chi connectivity index (χ3v) is 2.76. The van der Waals surface area contributed by atoms with Gasteiger partial charge in [-0.25, -0.2) is 0 Å². The first kappa shape index (κ1) is 15.7. The van der Waals surface area contributed by atoms with Crippen LogP contribution in [0.3, 0.4) is 0 Å². The van der Waals surface area contributed by atoms with Crippen LogP contribution in [0.5, 0.6) is 5.75 Å². The molecule has 0 bridgehead atoms. The van der Waals surface area contributed by atoms with Gasteiger partial charge in [0.2, 0.25) is 0 Å². The Labute approximate surface area is 112 Å². The highest BCUT2D eigenvalue weighted by molar-refractivity contribution is 5.47. The van der Waals surface area contributed by atoms with Crippen molar-refractivity contribution in [1.82, 2.24) is 0 Å². The Kier molecular flexibility index (Phi) is 5.99. The number of rotatable bonds is 7. The van der Waals surface area contributed by atoms with Crippen LogP contribution in [0.25, 0.3) is 0 Å². The first-order valence-electron chi connectivity index (χ1n) is 6.50. The number of ether oxygens (including phenoxy) is 1. The molecule has 0 aliphatic heterocycles. The monoisotopic (exact) mass is 275 g/mol. The van der Waals surface area contributed by atoms with E-state index in [0.717, 1.165) is 24.9 Å². The van der Waals surface area contributed by atoms with Gasteiger partial charge >= 0.3 is 6.18 Å². The maximum atomic E-state index is 12.0. The van der Waals surface area contributed by atoms with Gasteiger partial charge in [-0.1, -0.05) is 20.3 Å². The van der Waals surface area contributed by atoms with E-state index < -0.39 is 12.8 Å². The molecule has 0 radical (unpaired) electrons. The summed E-state index contributed by atoms with van der Waals surface area (Å²) < 4.78 is 40.6. The highest BCUT2D eigenvalue weighted by atomic mass is 19.4. The Hall–Kier alpha value is -1.39. The van der Waals surface area contributed by atoms with E-state index >= 15 is 0 Å². The molecule has 19 heavy (non-hydrogen) atoms. The Morgan fingerprint density at radius 3 is 2.26 bits per heavy atom. The van der Waals surface area contributed by atoms with Gasteiger partial charge in [0.05, 0.1) is 0 Å². The summed E-state index contributed by atoms with van der Waals surface area (Å²) in [7, 11) is 0. The maximum absolute atomic E-state index is 12.0. The number of halogens is 3. The summed E-state index contributed by atoms with van der Waals surface area (Å²) in [6.07, 6.45) is -1.12. The van der Waals surface area contributed by atoms with Crippen LogP contribution in [-0.2, 0) is 0 Å². The molecule has 0 spiro atoms. The lowest BCUT2D eigenvalue weighted by Crippen LogP contribution is -2.19. The van der Waals surface area contributed by atoms with Crippen molar-refractivity contribution in [3.8, 4) is 5.75 Å². The van der Waals surface area contributed by atoms with Gasteiger partial charge in [-0.2, -0.15) is 13.2 Å². The molecule has 1 aromatic rings. The Bertz CT molecular complexity index is 362. The van der Waals surface area contributed by atoms with Gasteiger partial charge in [-0.3, -0.25) is 0 Å². The lowest BCUT2D eigenvalue weighted by molar-refractivity contribution is -0.153. The molecule has 1 unspecified atom stereocenters. The van der Waals surface area contributed by atoms with E-state index in [9.17, 15) is 13.2 Å². The first-order valence-corrected chi connectivity index (χ1v) is 6.50. The van der Waals surface area contributed by atoms with E-state index in [0.29, 0.717) is 6.04 Å². The molecule has 1 atom stereocenters. The van der Waals surface area contributed by atoms with Crippen LogP contribution in [-0.4, -0.2) is 18.8 Å². The summed E-state index contributed by atoms with van der Waals surface area (Å²) >= 11 is 0. The molecule has 0 saturated heterocycles. The van der Waals surface area contributed by atoms with Gasteiger partial charge in [0.25, 0.3) is 0 Å². The molecule has 0 aliphatic carbocycles. The molecule has 5 heteroatoms. The van der Waals surface area contributed by atoms with Crippen molar-refractivity contribution < 1.29 is 17.9 Å². The average Bonchev–Trinajstić information content (AvgIpc) is 2.36. The second-order valence-corrected chi connectivity index (χ2v) is 4.47. The van der Waals surface area contributed by atoms with Gasteiger partial charge in [0.15, 0.2) is 6.61 Å². The van der Waals surface area contributed by atoms with Crippen LogP contribution in [0.1, 0.15) is 33.1 Å². The van der Waals surface area contributed by atoms with E-state index in [1.54, 1.807) is 24.3 Å². The Morgan fingerprint density at radius 1 is 1.16 bits per heavy atom. The van der Waals surface area contributed by atoms with Crippen molar-refractivity contribution in [2.45, 2.75) is 45.3 Å².